The fourth-order valence-corrected chi connectivity index (χ4v) is 3.18. The van der Waals surface area contributed by atoms with Crippen molar-refractivity contribution in [3.63, 3.8) is 0 Å². The summed E-state index contributed by atoms with van der Waals surface area (Å²) in [4.78, 5) is 23.9. The fraction of sp³-hybridized carbons (Fsp3) is 0.417. The summed E-state index contributed by atoms with van der Waals surface area (Å²) >= 11 is 0. The second-order valence-electron chi connectivity index (χ2n) is 7.28. The molecule has 0 bridgehead atoms. The Labute approximate surface area is 167 Å². The number of rotatable bonds is 11. The van der Waals surface area contributed by atoms with E-state index in [0.29, 0.717) is 6.42 Å². The van der Waals surface area contributed by atoms with E-state index in [1.165, 1.54) is 0 Å². The Balaban J connectivity index is 2.12. The summed E-state index contributed by atoms with van der Waals surface area (Å²) in [7, 11) is 0. The third-order valence-electron chi connectivity index (χ3n) is 4.94. The van der Waals surface area contributed by atoms with E-state index >= 15 is 0 Å². The van der Waals surface area contributed by atoms with Crippen LogP contribution in [0.2, 0.25) is 0 Å². The monoisotopic (exact) mass is 382 g/mol. The van der Waals surface area contributed by atoms with E-state index < -0.39 is 12.1 Å². The first-order chi connectivity index (χ1) is 13.5. The van der Waals surface area contributed by atoms with Gasteiger partial charge in [0.25, 0.3) is 0 Å². The molecule has 4 heteroatoms. The molecular weight excluding hydrogens is 352 g/mol. The molecule has 0 heterocycles. The fourth-order valence-electron chi connectivity index (χ4n) is 3.18. The second-order valence-corrected chi connectivity index (χ2v) is 7.28. The van der Waals surface area contributed by atoms with Gasteiger partial charge in [-0.1, -0.05) is 75.6 Å². The maximum absolute atomic E-state index is 12.6. The maximum atomic E-state index is 12.6. The van der Waals surface area contributed by atoms with Gasteiger partial charge in [-0.2, -0.15) is 0 Å². The van der Waals surface area contributed by atoms with Gasteiger partial charge < -0.3 is 9.84 Å². The number of carbonyl (C=O) groups is 2. The largest absolute Gasteiger partial charge is 0.478 e. The lowest BCUT2D eigenvalue weighted by Crippen LogP contribution is -2.19. The zero-order valence-electron chi connectivity index (χ0n) is 16.8. The van der Waals surface area contributed by atoms with E-state index in [9.17, 15) is 14.7 Å². The number of unbranched alkanes of at least 4 members (excludes halogenated alkanes) is 2. The number of ether oxygens (including phenoxy) is 1. The Hall–Kier alpha value is -2.62. The predicted molar refractivity (Wildman–Crippen MR) is 110 cm³/mol. The summed E-state index contributed by atoms with van der Waals surface area (Å²) in [5.41, 5.74) is 2.09. The normalized spacial score (nSPS) is 12.9. The molecule has 4 nitrogen and oxygen atoms in total. The minimum absolute atomic E-state index is 0.159. The van der Waals surface area contributed by atoms with Crippen molar-refractivity contribution in [3.05, 3.63) is 71.3 Å². The second kappa shape index (κ2) is 11.3. The number of benzene rings is 2. The van der Waals surface area contributed by atoms with Crippen LogP contribution in [-0.4, -0.2) is 17.0 Å². The van der Waals surface area contributed by atoms with Crippen molar-refractivity contribution in [2.75, 3.05) is 0 Å². The molecule has 150 valence electrons. The molecule has 2 aromatic rings. The predicted octanol–water partition coefficient (Wildman–Crippen LogP) is 5.82. The molecule has 0 fully saturated rings. The molecule has 2 atom stereocenters. The van der Waals surface area contributed by atoms with Gasteiger partial charge in [0.15, 0.2) is 0 Å². The first-order valence-electron chi connectivity index (χ1n) is 10.1. The van der Waals surface area contributed by atoms with Crippen LogP contribution in [0.5, 0.6) is 0 Å². The van der Waals surface area contributed by atoms with Gasteiger partial charge in [0, 0.05) is 0 Å². The third kappa shape index (κ3) is 6.84. The Morgan fingerprint density at radius 1 is 1.00 bits per heavy atom. The number of aromatic carboxylic acids is 1. The van der Waals surface area contributed by atoms with Crippen LogP contribution >= 0.6 is 0 Å². The molecule has 0 saturated carbocycles. The zero-order valence-corrected chi connectivity index (χ0v) is 16.8. The van der Waals surface area contributed by atoms with E-state index in [0.717, 1.165) is 43.2 Å². The number of carboxylic acid groups (broad SMARTS) is 1. The minimum atomic E-state index is -0.983. The molecular formula is C24H30O4. The summed E-state index contributed by atoms with van der Waals surface area (Å²) in [5.74, 6) is -1.36. The van der Waals surface area contributed by atoms with Crippen LogP contribution in [0.3, 0.4) is 0 Å². The van der Waals surface area contributed by atoms with Crippen LogP contribution in [0.4, 0.5) is 0 Å². The van der Waals surface area contributed by atoms with Crippen LogP contribution in [0.15, 0.2) is 54.6 Å². The highest BCUT2D eigenvalue weighted by Crippen LogP contribution is 2.26. The number of hydrogen-bond donors (Lipinski definition) is 1. The van der Waals surface area contributed by atoms with Gasteiger partial charge in [0.1, 0.15) is 6.10 Å². The smallest absolute Gasteiger partial charge is 0.335 e. The molecule has 0 saturated heterocycles. The van der Waals surface area contributed by atoms with Crippen molar-refractivity contribution >= 4 is 11.9 Å². The van der Waals surface area contributed by atoms with E-state index in [1.54, 1.807) is 18.2 Å². The summed E-state index contributed by atoms with van der Waals surface area (Å²) in [6.07, 6.45) is 4.95. The molecule has 0 aromatic heterocycles. The van der Waals surface area contributed by atoms with Crippen LogP contribution < -0.4 is 0 Å². The van der Waals surface area contributed by atoms with E-state index in [4.69, 9.17) is 4.74 Å². The van der Waals surface area contributed by atoms with Crippen molar-refractivity contribution in [3.8, 4) is 0 Å². The van der Waals surface area contributed by atoms with Gasteiger partial charge in [-0.3, -0.25) is 4.79 Å². The van der Waals surface area contributed by atoms with E-state index in [1.807, 2.05) is 43.3 Å². The van der Waals surface area contributed by atoms with Crippen molar-refractivity contribution in [2.24, 2.45) is 5.92 Å². The average Bonchev–Trinajstić information content (AvgIpc) is 2.71. The summed E-state index contributed by atoms with van der Waals surface area (Å²) in [6, 6.07) is 16.7. The highest BCUT2D eigenvalue weighted by Gasteiger charge is 2.22. The molecule has 0 aliphatic heterocycles. The molecule has 0 radical (unpaired) electrons. The average molecular weight is 383 g/mol. The van der Waals surface area contributed by atoms with Crippen LogP contribution in [0.25, 0.3) is 0 Å². The van der Waals surface area contributed by atoms with Gasteiger partial charge in [-0.05, 0) is 42.5 Å². The molecule has 2 aromatic carbocycles. The van der Waals surface area contributed by atoms with Crippen molar-refractivity contribution < 1.29 is 19.4 Å². The number of carbonyl (C=O) groups excluding carboxylic acids is 1. The molecule has 1 N–H and O–H groups in total. The molecule has 0 amide bonds. The maximum Gasteiger partial charge on any atom is 0.335 e. The highest BCUT2D eigenvalue weighted by atomic mass is 16.5. The number of carboxylic acids is 1. The quantitative estimate of drug-likeness (QED) is 0.393. The highest BCUT2D eigenvalue weighted by molar-refractivity contribution is 5.87. The first-order valence-corrected chi connectivity index (χ1v) is 10.1. The topological polar surface area (TPSA) is 63.6 Å². The van der Waals surface area contributed by atoms with E-state index in [-0.39, 0.29) is 17.5 Å². The lowest BCUT2D eigenvalue weighted by molar-refractivity contribution is -0.154. The molecule has 0 aliphatic carbocycles. The Morgan fingerprint density at radius 2 is 1.75 bits per heavy atom. The van der Waals surface area contributed by atoms with E-state index in [2.05, 4.69) is 6.92 Å². The standard InChI is InChI=1S/C24H30O4/c1-3-4-6-10-18(2)24(27)28-22(16-15-19-11-7-5-8-12-19)20-13-9-14-21(17-20)23(25)26/h5,7-9,11-14,17-18,22H,3-4,6,10,15-16H2,1-2H3,(H,25,26)/t18?,22-/m1/s1. The summed E-state index contributed by atoms with van der Waals surface area (Å²) in [5, 5.41) is 9.28. The summed E-state index contributed by atoms with van der Waals surface area (Å²) in [6.45, 7) is 4.04. The molecule has 1 unspecified atom stereocenters. The van der Waals surface area contributed by atoms with Gasteiger partial charge >= 0.3 is 11.9 Å². The number of esters is 1. The van der Waals surface area contributed by atoms with Crippen molar-refractivity contribution in [1.29, 1.82) is 0 Å². The number of aryl methyl sites for hydroxylation is 1. The number of hydrogen-bond acceptors (Lipinski definition) is 3. The SMILES string of the molecule is CCCCCC(C)C(=O)O[C@H](CCc1ccccc1)c1cccc(C(=O)O)c1. The Morgan fingerprint density at radius 3 is 2.43 bits per heavy atom. The first kappa shape index (κ1) is 21.7. The molecule has 0 aliphatic rings. The lowest BCUT2D eigenvalue weighted by atomic mass is 9.98. The van der Waals surface area contributed by atoms with Gasteiger partial charge in [-0.25, -0.2) is 4.79 Å². The van der Waals surface area contributed by atoms with Crippen molar-refractivity contribution in [2.45, 2.75) is 58.5 Å². The van der Waals surface area contributed by atoms with Crippen molar-refractivity contribution in [1.82, 2.24) is 0 Å². The van der Waals surface area contributed by atoms with Crippen LogP contribution in [0, 0.1) is 5.92 Å². The van der Waals surface area contributed by atoms with Crippen LogP contribution in [0.1, 0.15) is 73.5 Å². The van der Waals surface area contributed by atoms with Gasteiger partial charge in [0.2, 0.25) is 0 Å². The lowest BCUT2D eigenvalue weighted by Gasteiger charge is -2.21. The molecule has 0 spiro atoms. The third-order valence-corrected chi connectivity index (χ3v) is 4.94. The van der Waals surface area contributed by atoms with Crippen LogP contribution in [-0.2, 0) is 16.0 Å². The summed E-state index contributed by atoms with van der Waals surface area (Å²) < 4.78 is 5.85. The Kier molecular flexibility index (Phi) is 8.73. The minimum Gasteiger partial charge on any atom is -0.478 e. The zero-order chi connectivity index (χ0) is 20.4. The molecule has 28 heavy (non-hydrogen) atoms. The Bertz CT molecular complexity index is 754. The van der Waals surface area contributed by atoms with Gasteiger partial charge in [0.05, 0.1) is 11.5 Å². The molecule has 2 rings (SSSR count). The van der Waals surface area contributed by atoms with Gasteiger partial charge in [-0.15, -0.1) is 0 Å².